The van der Waals surface area contributed by atoms with Gasteiger partial charge in [-0.15, -0.1) is 0 Å². The van der Waals surface area contributed by atoms with Crippen LogP contribution in [0.3, 0.4) is 0 Å². The van der Waals surface area contributed by atoms with Crippen LogP contribution in [0.25, 0.3) is 0 Å². The molecule has 1 unspecified atom stereocenters. The normalized spacial score (nSPS) is 23.6. The zero-order chi connectivity index (χ0) is 14.6. The Bertz CT molecular complexity index is 313. The van der Waals surface area contributed by atoms with Gasteiger partial charge in [-0.05, 0) is 51.2 Å². The highest BCUT2D eigenvalue weighted by atomic mass is 16.2. The average Bonchev–Trinajstić information content (AvgIpc) is 2.44. The number of carbonyl (C=O) groups is 1. The Morgan fingerprint density at radius 2 is 1.85 bits per heavy atom. The zero-order valence-corrected chi connectivity index (χ0v) is 13.7. The van der Waals surface area contributed by atoms with E-state index in [0.717, 1.165) is 19.0 Å². The molecule has 3 nitrogen and oxygen atoms in total. The summed E-state index contributed by atoms with van der Waals surface area (Å²) in [6.07, 6.45) is 7.29. The number of amides is 1. The highest BCUT2D eigenvalue weighted by Crippen LogP contribution is 2.40. The van der Waals surface area contributed by atoms with Crippen LogP contribution < -0.4 is 0 Å². The number of piperidine rings is 1. The number of rotatable bonds is 6. The molecule has 1 atom stereocenters. The molecule has 20 heavy (non-hydrogen) atoms. The minimum absolute atomic E-state index is 0.339. The molecule has 0 aromatic heterocycles. The second kappa shape index (κ2) is 6.93. The Balaban J connectivity index is 1.63. The predicted octanol–water partition coefficient (Wildman–Crippen LogP) is 3.15. The molecular formula is C17H32N2O. The Hall–Kier alpha value is -0.570. The van der Waals surface area contributed by atoms with Gasteiger partial charge in [0, 0.05) is 24.9 Å². The van der Waals surface area contributed by atoms with Crippen molar-refractivity contribution < 1.29 is 4.79 Å². The van der Waals surface area contributed by atoms with E-state index in [-0.39, 0.29) is 0 Å². The van der Waals surface area contributed by atoms with Crippen LogP contribution in [0, 0.1) is 11.3 Å². The molecule has 0 aromatic rings. The molecule has 3 heteroatoms. The molecule has 0 radical (unpaired) electrons. The van der Waals surface area contributed by atoms with Gasteiger partial charge in [-0.25, -0.2) is 0 Å². The van der Waals surface area contributed by atoms with Crippen molar-refractivity contribution in [2.75, 3.05) is 32.7 Å². The molecule has 2 heterocycles. The minimum atomic E-state index is 0.339. The lowest BCUT2D eigenvalue weighted by Crippen LogP contribution is -2.61. The summed E-state index contributed by atoms with van der Waals surface area (Å²) in [6, 6.07) is 0. The zero-order valence-electron chi connectivity index (χ0n) is 13.7. The Morgan fingerprint density at radius 1 is 1.20 bits per heavy atom. The molecule has 2 rings (SSSR count). The fourth-order valence-corrected chi connectivity index (χ4v) is 3.60. The highest BCUT2D eigenvalue weighted by molar-refractivity contribution is 5.76. The van der Waals surface area contributed by atoms with Crippen molar-refractivity contribution >= 4 is 5.91 Å². The molecule has 2 fully saturated rings. The van der Waals surface area contributed by atoms with E-state index in [2.05, 4.69) is 23.6 Å². The molecule has 1 spiro atoms. The molecular weight excluding hydrogens is 248 g/mol. The van der Waals surface area contributed by atoms with Crippen LogP contribution in [-0.2, 0) is 4.79 Å². The topological polar surface area (TPSA) is 23.6 Å². The third-order valence-electron chi connectivity index (χ3n) is 5.49. The molecule has 0 saturated carbocycles. The Kier molecular flexibility index (Phi) is 5.48. The summed E-state index contributed by atoms with van der Waals surface area (Å²) < 4.78 is 0. The van der Waals surface area contributed by atoms with Crippen molar-refractivity contribution in [1.82, 2.24) is 9.80 Å². The van der Waals surface area contributed by atoms with Crippen molar-refractivity contribution in [3.8, 4) is 0 Å². The maximum Gasteiger partial charge on any atom is 0.222 e. The summed E-state index contributed by atoms with van der Waals surface area (Å²) in [4.78, 5) is 16.3. The first-order chi connectivity index (χ1) is 9.58. The van der Waals surface area contributed by atoms with E-state index in [1.165, 1.54) is 51.7 Å². The van der Waals surface area contributed by atoms with Gasteiger partial charge in [-0.2, -0.15) is 0 Å². The van der Waals surface area contributed by atoms with Gasteiger partial charge in [-0.3, -0.25) is 4.79 Å². The second-order valence-electron chi connectivity index (χ2n) is 7.10. The lowest BCUT2D eigenvalue weighted by atomic mass is 9.72. The first-order valence-electron chi connectivity index (χ1n) is 8.58. The standard InChI is InChI=1S/C17H32N2O/c1-4-15(3)7-6-10-18-11-8-17(9-12-18)13-19(14-17)16(20)5-2/h15H,4-14H2,1-3H3. The van der Waals surface area contributed by atoms with E-state index >= 15 is 0 Å². The SMILES string of the molecule is CCC(=O)N1CC2(CCN(CCCC(C)CC)CC2)C1. The summed E-state index contributed by atoms with van der Waals surface area (Å²) in [7, 11) is 0. The molecule has 2 aliphatic rings. The quantitative estimate of drug-likeness (QED) is 0.746. The van der Waals surface area contributed by atoms with Crippen LogP contribution in [0.4, 0.5) is 0 Å². The van der Waals surface area contributed by atoms with E-state index < -0.39 is 0 Å². The fourth-order valence-electron chi connectivity index (χ4n) is 3.60. The summed E-state index contributed by atoms with van der Waals surface area (Å²) in [6.45, 7) is 12.4. The van der Waals surface area contributed by atoms with Crippen molar-refractivity contribution in [1.29, 1.82) is 0 Å². The van der Waals surface area contributed by atoms with Gasteiger partial charge < -0.3 is 9.80 Å². The van der Waals surface area contributed by atoms with Crippen LogP contribution in [0.5, 0.6) is 0 Å². The van der Waals surface area contributed by atoms with Gasteiger partial charge in [0.1, 0.15) is 0 Å². The summed E-state index contributed by atoms with van der Waals surface area (Å²) in [5.74, 6) is 1.22. The minimum Gasteiger partial charge on any atom is -0.341 e. The molecule has 0 N–H and O–H groups in total. The number of nitrogens with zero attached hydrogens (tertiary/aromatic N) is 2. The third kappa shape index (κ3) is 3.75. The molecule has 0 aromatic carbocycles. The number of hydrogen-bond donors (Lipinski definition) is 0. The maximum absolute atomic E-state index is 11.6. The second-order valence-corrected chi connectivity index (χ2v) is 7.10. The average molecular weight is 280 g/mol. The molecule has 1 amide bonds. The van der Waals surface area contributed by atoms with Crippen molar-refractivity contribution in [2.24, 2.45) is 11.3 Å². The van der Waals surface area contributed by atoms with Gasteiger partial charge in [-0.1, -0.05) is 27.2 Å². The van der Waals surface area contributed by atoms with Crippen molar-refractivity contribution in [3.05, 3.63) is 0 Å². The highest BCUT2D eigenvalue weighted by Gasteiger charge is 2.45. The largest absolute Gasteiger partial charge is 0.341 e. The number of carbonyl (C=O) groups excluding carboxylic acids is 1. The van der Waals surface area contributed by atoms with E-state index in [9.17, 15) is 4.79 Å². The lowest BCUT2D eigenvalue weighted by Gasteiger charge is -2.54. The van der Waals surface area contributed by atoms with Gasteiger partial charge in [0.25, 0.3) is 0 Å². The first kappa shape index (κ1) is 15.8. The number of hydrogen-bond acceptors (Lipinski definition) is 2. The van der Waals surface area contributed by atoms with E-state index in [0.29, 0.717) is 17.7 Å². The first-order valence-corrected chi connectivity index (χ1v) is 8.58. The van der Waals surface area contributed by atoms with Crippen molar-refractivity contribution in [3.63, 3.8) is 0 Å². The van der Waals surface area contributed by atoms with Crippen LogP contribution in [0.15, 0.2) is 0 Å². The summed E-state index contributed by atoms with van der Waals surface area (Å²) in [5, 5.41) is 0. The van der Waals surface area contributed by atoms with Gasteiger partial charge in [0.2, 0.25) is 5.91 Å². The summed E-state index contributed by atoms with van der Waals surface area (Å²) in [5.41, 5.74) is 0.484. The molecule has 0 aliphatic carbocycles. The van der Waals surface area contributed by atoms with Crippen LogP contribution >= 0.6 is 0 Å². The van der Waals surface area contributed by atoms with Crippen LogP contribution in [0.2, 0.25) is 0 Å². The Morgan fingerprint density at radius 3 is 2.40 bits per heavy atom. The maximum atomic E-state index is 11.6. The van der Waals surface area contributed by atoms with E-state index in [4.69, 9.17) is 0 Å². The monoisotopic (exact) mass is 280 g/mol. The van der Waals surface area contributed by atoms with Crippen LogP contribution in [0.1, 0.15) is 59.3 Å². The Labute approximate surface area is 124 Å². The molecule has 116 valence electrons. The predicted molar refractivity (Wildman–Crippen MR) is 83.7 cm³/mol. The molecule has 0 bridgehead atoms. The van der Waals surface area contributed by atoms with Crippen molar-refractivity contribution in [2.45, 2.75) is 59.3 Å². The van der Waals surface area contributed by atoms with Crippen LogP contribution in [-0.4, -0.2) is 48.4 Å². The summed E-state index contributed by atoms with van der Waals surface area (Å²) >= 11 is 0. The van der Waals surface area contributed by atoms with E-state index in [1.807, 2.05) is 6.92 Å². The molecule has 2 saturated heterocycles. The smallest absolute Gasteiger partial charge is 0.222 e. The molecule has 2 aliphatic heterocycles. The number of likely N-dealkylation sites (tertiary alicyclic amines) is 2. The van der Waals surface area contributed by atoms with Gasteiger partial charge >= 0.3 is 0 Å². The van der Waals surface area contributed by atoms with Gasteiger partial charge in [0.05, 0.1) is 0 Å². The fraction of sp³-hybridized carbons (Fsp3) is 0.941. The third-order valence-corrected chi connectivity index (χ3v) is 5.49. The van der Waals surface area contributed by atoms with Gasteiger partial charge in [0.15, 0.2) is 0 Å². The van der Waals surface area contributed by atoms with E-state index in [1.54, 1.807) is 0 Å². The lowest BCUT2D eigenvalue weighted by molar-refractivity contribution is -0.146.